The molecule has 4 nitrogen and oxygen atoms in total. The maximum atomic E-state index is 12.4. The minimum Gasteiger partial charge on any atom is -0.491 e. The molecule has 1 heterocycles. The highest BCUT2D eigenvalue weighted by Crippen LogP contribution is 2.46. The van der Waals surface area contributed by atoms with Gasteiger partial charge in [0.05, 0.1) is 17.6 Å². The van der Waals surface area contributed by atoms with Gasteiger partial charge in [-0.25, -0.2) is 0 Å². The van der Waals surface area contributed by atoms with Gasteiger partial charge in [0.15, 0.2) is 11.6 Å². The van der Waals surface area contributed by atoms with Crippen molar-refractivity contribution in [3.05, 3.63) is 64.7 Å². The van der Waals surface area contributed by atoms with Crippen LogP contribution in [0.1, 0.15) is 58.5 Å². The second kappa shape index (κ2) is 6.81. The molecule has 25 heavy (non-hydrogen) atoms. The predicted octanol–water partition coefficient (Wildman–Crippen LogP) is 3.54. The van der Waals surface area contributed by atoms with E-state index in [1.807, 2.05) is 30.3 Å². The summed E-state index contributed by atoms with van der Waals surface area (Å²) in [4.78, 5) is 24.7. The third kappa shape index (κ3) is 2.76. The standard InChI is InChI=1S/C21H22O4/c1-3-18(23)14-10-16(19(24)4-2)20-17(11-14)21(12-22,13-25-20)15-8-6-5-7-9-15/h5-11,22H,3-4,12-13H2,1-2H3/t21-/m0/s1. The van der Waals surface area contributed by atoms with Crippen LogP contribution in [0.15, 0.2) is 42.5 Å². The molecular weight excluding hydrogens is 316 g/mol. The molecule has 130 valence electrons. The summed E-state index contributed by atoms with van der Waals surface area (Å²) in [5, 5.41) is 10.2. The van der Waals surface area contributed by atoms with Gasteiger partial charge in [-0.2, -0.15) is 0 Å². The number of aliphatic hydroxyl groups excluding tert-OH is 1. The smallest absolute Gasteiger partial charge is 0.166 e. The fourth-order valence-electron chi connectivity index (χ4n) is 3.39. The predicted molar refractivity (Wildman–Crippen MR) is 95.5 cm³/mol. The van der Waals surface area contributed by atoms with Gasteiger partial charge in [0.25, 0.3) is 0 Å². The topological polar surface area (TPSA) is 63.6 Å². The molecular formula is C21H22O4. The van der Waals surface area contributed by atoms with Crippen LogP contribution in [0, 0.1) is 0 Å². The lowest BCUT2D eigenvalue weighted by atomic mass is 9.75. The Labute approximate surface area is 147 Å². The summed E-state index contributed by atoms with van der Waals surface area (Å²) < 4.78 is 5.89. The Morgan fingerprint density at radius 3 is 2.36 bits per heavy atom. The molecule has 0 bridgehead atoms. The van der Waals surface area contributed by atoms with E-state index in [9.17, 15) is 14.7 Å². The third-order valence-electron chi connectivity index (χ3n) is 4.93. The molecule has 2 aromatic rings. The van der Waals surface area contributed by atoms with E-state index in [0.29, 0.717) is 29.7 Å². The Bertz CT molecular complexity index is 810. The van der Waals surface area contributed by atoms with Gasteiger partial charge in [-0.3, -0.25) is 9.59 Å². The number of ether oxygens (including phenoxy) is 1. The molecule has 3 rings (SSSR count). The molecule has 1 aliphatic heterocycles. The van der Waals surface area contributed by atoms with E-state index in [4.69, 9.17) is 4.74 Å². The highest BCUT2D eigenvalue weighted by Gasteiger charge is 2.44. The van der Waals surface area contributed by atoms with Crippen molar-refractivity contribution in [1.82, 2.24) is 0 Å². The summed E-state index contributed by atoms with van der Waals surface area (Å²) >= 11 is 0. The molecule has 0 saturated heterocycles. The zero-order valence-corrected chi connectivity index (χ0v) is 14.5. The number of Topliss-reactive ketones (excluding diaryl/α,β-unsaturated/α-hetero) is 2. The quantitative estimate of drug-likeness (QED) is 0.818. The molecule has 0 unspecified atom stereocenters. The minimum absolute atomic E-state index is 0.0280. The van der Waals surface area contributed by atoms with E-state index in [-0.39, 0.29) is 24.8 Å². The maximum absolute atomic E-state index is 12.4. The normalized spacial score (nSPS) is 18.5. The molecule has 1 N–H and O–H groups in total. The molecule has 0 saturated carbocycles. The molecule has 2 aromatic carbocycles. The summed E-state index contributed by atoms with van der Waals surface area (Å²) in [6.45, 7) is 3.67. The van der Waals surface area contributed by atoms with Gasteiger partial charge < -0.3 is 9.84 Å². The van der Waals surface area contributed by atoms with Crippen LogP contribution in [0.5, 0.6) is 5.75 Å². The van der Waals surface area contributed by atoms with Crippen molar-refractivity contribution in [3.63, 3.8) is 0 Å². The van der Waals surface area contributed by atoms with Crippen molar-refractivity contribution in [3.8, 4) is 5.75 Å². The molecule has 0 aliphatic carbocycles. The zero-order chi connectivity index (χ0) is 18.0. The number of aliphatic hydroxyl groups is 1. The number of hydrogen-bond acceptors (Lipinski definition) is 4. The number of hydrogen-bond donors (Lipinski definition) is 1. The second-order valence-electron chi connectivity index (χ2n) is 6.35. The summed E-state index contributed by atoms with van der Waals surface area (Å²) in [5.74, 6) is 0.404. The van der Waals surface area contributed by atoms with Crippen LogP contribution < -0.4 is 4.74 Å². The first-order chi connectivity index (χ1) is 12.1. The first-order valence-electron chi connectivity index (χ1n) is 8.61. The third-order valence-corrected chi connectivity index (χ3v) is 4.93. The SMILES string of the molecule is CCC(=O)c1cc(C(=O)CC)c2c(c1)[C@](CO)(c1ccccc1)CO2. The molecule has 0 spiro atoms. The van der Waals surface area contributed by atoms with Gasteiger partial charge >= 0.3 is 0 Å². The van der Waals surface area contributed by atoms with Crippen molar-refractivity contribution >= 4 is 11.6 Å². The monoisotopic (exact) mass is 338 g/mol. The van der Waals surface area contributed by atoms with Crippen LogP contribution in [-0.4, -0.2) is 29.9 Å². The van der Waals surface area contributed by atoms with Crippen molar-refractivity contribution in [1.29, 1.82) is 0 Å². The van der Waals surface area contributed by atoms with Crippen LogP contribution >= 0.6 is 0 Å². The fraction of sp³-hybridized carbons (Fsp3) is 0.333. The lowest BCUT2D eigenvalue weighted by Crippen LogP contribution is -2.33. The van der Waals surface area contributed by atoms with Gasteiger partial charge in [-0.05, 0) is 17.7 Å². The number of ketones is 2. The average molecular weight is 338 g/mol. The van der Waals surface area contributed by atoms with Crippen LogP contribution in [0.2, 0.25) is 0 Å². The van der Waals surface area contributed by atoms with Crippen LogP contribution in [-0.2, 0) is 5.41 Å². The first-order valence-corrected chi connectivity index (χ1v) is 8.61. The average Bonchev–Trinajstić information content (AvgIpc) is 3.06. The Balaban J connectivity index is 2.27. The van der Waals surface area contributed by atoms with Gasteiger partial charge in [0, 0.05) is 24.0 Å². The van der Waals surface area contributed by atoms with Crippen LogP contribution in [0.25, 0.3) is 0 Å². The highest BCUT2D eigenvalue weighted by atomic mass is 16.5. The van der Waals surface area contributed by atoms with Crippen molar-refractivity contribution in [2.45, 2.75) is 32.1 Å². The van der Waals surface area contributed by atoms with E-state index < -0.39 is 5.41 Å². The number of benzene rings is 2. The Morgan fingerprint density at radius 2 is 1.76 bits per heavy atom. The van der Waals surface area contributed by atoms with Gasteiger partial charge in [0.1, 0.15) is 12.4 Å². The number of carbonyl (C=O) groups excluding carboxylic acids is 2. The Hall–Kier alpha value is -2.46. The van der Waals surface area contributed by atoms with Gasteiger partial charge in [-0.1, -0.05) is 44.2 Å². The minimum atomic E-state index is -0.761. The van der Waals surface area contributed by atoms with E-state index in [2.05, 4.69) is 0 Å². The zero-order valence-electron chi connectivity index (χ0n) is 14.5. The van der Waals surface area contributed by atoms with Crippen molar-refractivity contribution in [2.75, 3.05) is 13.2 Å². The van der Waals surface area contributed by atoms with E-state index in [1.54, 1.807) is 26.0 Å². The summed E-state index contributed by atoms with van der Waals surface area (Å²) in [7, 11) is 0. The summed E-state index contributed by atoms with van der Waals surface area (Å²) in [5.41, 5.74) is 1.80. The van der Waals surface area contributed by atoms with Crippen molar-refractivity contribution in [2.24, 2.45) is 0 Å². The largest absolute Gasteiger partial charge is 0.491 e. The molecule has 0 amide bonds. The lowest BCUT2D eigenvalue weighted by Gasteiger charge is -2.26. The number of carbonyl (C=O) groups is 2. The highest BCUT2D eigenvalue weighted by molar-refractivity contribution is 6.04. The van der Waals surface area contributed by atoms with Crippen molar-refractivity contribution < 1.29 is 19.4 Å². The lowest BCUT2D eigenvalue weighted by molar-refractivity contribution is 0.0984. The fourth-order valence-corrected chi connectivity index (χ4v) is 3.39. The molecule has 0 aromatic heterocycles. The summed E-state index contributed by atoms with van der Waals surface area (Å²) in [6.07, 6.45) is 0.688. The number of rotatable bonds is 6. The van der Waals surface area contributed by atoms with Gasteiger partial charge in [0.2, 0.25) is 0 Å². The molecule has 0 radical (unpaired) electrons. The van der Waals surface area contributed by atoms with E-state index in [1.165, 1.54) is 0 Å². The summed E-state index contributed by atoms with van der Waals surface area (Å²) in [6, 6.07) is 13.0. The van der Waals surface area contributed by atoms with Crippen LogP contribution in [0.3, 0.4) is 0 Å². The maximum Gasteiger partial charge on any atom is 0.166 e. The molecule has 4 heteroatoms. The molecule has 1 aliphatic rings. The Kier molecular flexibility index (Phi) is 4.73. The van der Waals surface area contributed by atoms with Crippen LogP contribution in [0.4, 0.5) is 0 Å². The molecule has 0 fully saturated rings. The molecule has 1 atom stereocenters. The number of fused-ring (bicyclic) bond motifs is 1. The van der Waals surface area contributed by atoms with Gasteiger partial charge in [-0.15, -0.1) is 0 Å². The van der Waals surface area contributed by atoms with E-state index in [0.717, 1.165) is 11.1 Å². The Morgan fingerprint density at radius 1 is 1.08 bits per heavy atom. The second-order valence-corrected chi connectivity index (χ2v) is 6.35. The van der Waals surface area contributed by atoms with E-state index >= 15 is 0 Å². The first kappa shape index (κ1) is 17.4.